The zero-order valence-corrected chi connectivity index (χ0v) is 23.8. The molecule has 39 heavy (non-hydrogen) atoms. The van der Waals surface area contributed by atoms with Crippen LogP contribution in [0.2, 0.25) is 0 Å². The molecule has 0 unspecified atom stereocenters. The van der Waals surface area contributed by atoms with E-state index in [4.69, 9.17) is 19.2 Å². The molecule has 3 aliphatic heterocycles. The van der Waals surface area contributed by atoms with Crippen molar-refractivity contribution in [1.82, 2.24) is 4.57 Å². The lowest BCUT2D eigenvalue weighted by Gasteiger charge is -2.25. The van der Waals surface area contributed by atoms with Crippen LogP contribution < -0.4 is 29.3 Å². The van der Waals surface area contributed by atoms with E-state index in [1.54, 1.807) is 26.1 Å². The first-order valence-electron chi connectivity index (χ1n) is 12.6. The highest BCUT2D eigenvalue weighted by molar-refractivity contribution is 9.10. The maximum Gasteiger partial charge on any atom is 0.338 e. The van der Waals surface area contributed by atoms with E-state index >= 15 is 0 Å². The highest BCUT2D eigenvalue weighted by Crippen LogP contribution is 2.39. The van der Waals surface area contributed by atoms with Crippen LogP contribution >= 0.6 is 27.3 Å². The third-order valence-electron chi connectivity index (χ3n) is 6.91. The molecule has 0 radical (unpaired) electrons. The van der Waals surface area contributed by atoms with Crippen LogP contribution in [0.5, 0.6) is 11.5 Å². The minimum Gasteiger partial charge on any atom is -0.463 e. The van der Waals surface area contributed by atoms with Crippen molar-refractivity contribution in [3.8, 4) is 11.5 Å². The fourth-order valence-electron chi connectivity index (χ4n) is 5.18. The quantitative estimate of drug-likeness (QED) is 0.411. The smallest absolute Gasteiger partial charge is 0.338 e. The van der Waals surface area contributed by atoms with Gasteiger partial charge in [-0.25, -0.2) is 9.79 Å². The second-order valence-corrected chi connectivity index (χ2v) is 11.1. The molecule has 0 fully saturated rings. The van der Waals surface area contributed by atoms with Crippen LogP contribution in [0.15, 0.2) is 61.9 Å². The van der Waals surface area contributed by atoms with Crippen LogP contribution in [-0.2, 0) is 14.3 Å². The van der Waals surface area contributed by atoms with Crippen molar-refractivity contribution < 1.29 is 23.8 Å². The van der Waals surface area contributed by atoms with E-state index in [0.29, 0.717) is 50.7 Å². The molecule has 0 aliphatic carbocycles. The number of likely N-dealkylation sites (N-methyl/N-ethyl adjacent to an activating group) is 1. The van der Waals surface area contributed by atoms with Crippen LogP contribution in [0.25, 0.3) is 5.57 Å². The second kappa shape index (κ2) is 9.80. The maximum atomic E-state index is 14.2. The molecule has 1 atom stereocenters. The second-order valence-electron chi connectivity index (χ2n) is 9.25. The average Bonchev–Trinajstić information content (AvgIpc) is 3.58. The molecule has 3 aromatic rings. The van der Waals surface area contributed by atoms with E-state index in [2.05, 4.69) is 15.9 Å². The molecule has 2 aromatic carbocycles. The Balaban J connectivity index is 1.67. The topological polar surface area (TPSA) is 99.4 Å². The SMILES string of the molecule is CCCC1=C(C(=O)OCC)[C@@H](c2ccc3c(c2)OCO3)n2c(s/c(=C3\C(=O)N(C)c4ccc(Br)cc43)c2=O)=N1. The van der Waals surface area contributed by atoms with Gasteiger partial charge in [0, 0.05) is 17.1 Å². The first-order valence-corrected chi connectivity index (χ1v) is 14.2. The van der Waals surface area contributed by atoms with Crippen LogP contribution in [0.1, 0.15) is 43.9 Å². The number of aromatic nitrogens is 1. The molecular formula is C28H24BrN3O6S. The number of anilines is 1. The molecule has 0 N–H and O–H groups in total. The normalized spacial score (nSPS) is 18.7. The molecule has 6 rings (SSSR count). The summed E-state index contributed by atoms with van der Waals surface area (Å²) in [5, 5.41) is 0. The van der Waals surface area contributed by atoms with Crippen molar-refractivity contribution in [2.24, 2.45) is 4.99 Å². The number of ether oxygens (including phenoxy) is 3. The standard InChI is InChI=1S/C28H24BrN3O6S/c1-4-6-17-22(27(35)36-5-2)23(14-7-10-19-20(11-14)38-13-37-19)32-26(34)24(39-28(32)30-17)21-16-12-15(29)8-9-18(16)31(3)25(21)33/h7-12,23H,4-6,13H2,1-3H3/b24-21-/t23-/m1/s1. The fraction of sp³-hybridized carbons (Fsp3) is 0.286. The number of nitrogens with zero attached hydrogens (tertiary/aromatic N) is 3. The Morgan fingerprint density at radius 3 is 2.72 bits per heavy atom. The summed E-state index contributed by atoms with van der Waals surface area (Å²) in [6.45, 7) is 4.01. The Bertz CT molecular complexity index is 1770. The third kappa shape index (κ3) is 4.02. The first-order chi connectivity index (χ1) is 18.8. The van der Waals surface area contributed by atoms with Gasteiger partial charge in [0.1, 0.15) is 4.53 Å². The molecule has 4 heterocycles. The van der Waals surface area contributed by atoms with Gasteiger partial charge in [-0.3, -0.25) is 14.2 Å². The highest BCUT2D eigenvalue weighted by atomic mass is 79.9. The van der Waals surface area contributed by atoms with Crippen molar-refractivity contribution in [3.63, 3.8) is 0 Å². The Labute approximate surface area is 235 Å². The summed E-state index contributed by atoms with van der Waals surface area (Å²) in [7, 11) is 1.69. The summed E-state index contributed by atoms with van der Waals surface area (Å²) in [6, 6.07) is 10.1. The summed E-state index contributed by atoms with van der Waals surface area (Å²) in [5.74, 6) is 0.314. The summed E-state index contributed by atoms with van der Waals surface area (Å²) in [5.41, 5.74) is 2.83. The van der Waals surface area contributed by atoms with E-state index < -0.39 is 17.6 Å². The number of carbonyl (C=O) groups excluding carboxylic acids is 2. The van der Waals surface area contributed by atoms with Gasteiger partial charge in [-0.1, -0.05) is 46.7 Å². The largest absolute Gasteiger partial charge is 0.463 e. The van der Waals surface area contributed by atoms with Crippen LogP contribution in [-0.4, -0.2) is 36.9 Å². The lowest BCUT2D eigenvalue weighted by atomic mass is 9.94. The van der Waals surface area contributed by atoms with Crippen molar-refractivity contribution in [1.29, 1.82) is 0 Å². The zero-order chi connectivity index (χ0) is 27.4. The Hall–Kier alpha value is -3.70. The summed E-state index contributed by atoms with van der Waals surface area (Å²) in [6.07, 6.45) is 1.25. The monoisotopic (exact) mass is 609 g/mol. The number of hydrogen-bond donors (Lipinski definition) is 0. The Morgan fingerprint density at radius 1 is 1.15 bits per heavy atom. The predicted molar refractivity (Wildman–Crippen MR) is 149 cm³/mol. The van der Waals surface area contributed by atoms with E-state index in [1.807, 2.05) is 31.2 Å². The van der Waals surface area contributed by atoms with Gasteiger partial charge in [0.05, 0.1) is 35.2 Å². The van der Waals surface area contributed by atoms with Crippen molar-refractivity contribution in [2.45, 2.75) is 32.7 Å². The number of thiazole rings is 1. The number of carbonyl (C=O) groups is 2. The number of rotatable bonds is 5. The van der Waals surface area contributed by atoms with Gasteiger partial charge in [-0.15, -0.1) is 0 Å². The summed E-state index contributed by atoms with van der Waals surface area (Å²) in [4.78, 5) is 47.8. The molecule has 1 amide bonds. The summed E-state index contributed by atoms with van der Waals surface area (Å²) < 4.78 is 19.1. The first kappa shape index (κ1) is 25.6. The third-order valence-corrected chi connectivity index (χ3v) is 8.46. The fourth-order valence-corrected chi connectivity index (χ4v) is 6.65. The van der Waals surface area contributed by atoms with Gasteiger partial charge < -0.3 is 19.1 Å². The molecule has 0 bridgehead atoms. The van der Waals surface area contributed by atoms with Crippen molar-refractivity contribution in [3.05, 3.63) is 83.0 Å². The molecule has 11 heteroatoms. The molecule has 3 aliphatic rings. The lowest BCUT2D eigenvalue weighted by Crippen LogP contribution is -2.41. The molecule has 9 nitrogen and oxygen atoms in total. The molecular weight excluding hydrogens is 586 g/mol. The van der Waals surface area contributed by atoms with Gasteiger partial charge >= 0.3 is 5.97 Å². The number of halogens is 1. The maximum absolute atomic E-state index is 14.2. The van der Waals surface area contributed by atoms with Gasteiger partial charge in [0.15, 0.2) is 16.3 Å². The number of benzene rings is 2. The molecule has 1 aromatic heterocycles. The van der Waals surface area contributed by atoms with Crippen molar-refractivity contribution in [2.75, 3.05) is 25.3 Å². The van der Waals surface area contributed by atoms with E-state index in [0.717, 1.165) is 27.9 Å². The predicted octanol–water partition coefficient (Wildman–Crippen LogP) is 3.42. The van der Waals surface area contributed by atoms with Crippen LogP contribution in [0, 0.1) is 0 Å². The summed E-state index contributed by atoms with van der Waals surface area (Å²) >= 11 is 4.64. The number of allylic oxidation sites excluding steroid dienone is 1. The highest BCUT2D eigenvalue weighted by Gasteiger charge is 2.37. The van der Waals surface area contributed by atoms with Crippen LogP contribution in [0.4, 0.5) is 5.69 Å². The van der Waals surface area contributed by atoms with E-state index in [9.17, 15) is 14.4 Å². The van der Waals surface area contributed by atoms with Crippen molar-refractivity contribution >= 4 is 50.4 Å². The minimum atomic E-state index is -0.818. The number of amides is 1. The van der Waals surface area contributed by atoms with E-state index in [-0.39, 0.29) is 23.8 Å². The van der Waals surface area contributed by atoms with Crippen LogP contribution in [0.3, 0.4) is 0 Å². The average molecular weight is 610 g/mol. The zero-order valence-electron chi connectivity index (χ0n) is 21.4. The molecule has 200 valence electrons. The Morgan fingerprint density at radius 2 is 1.95 bits per heavy atom. The van der Waals surface area contributed by atoms with Gasteiger partial charge in [0.2, 0.25) is 6.79 Å². The number of fused-ring (bicyclic) bond motifs is 3. The molecule has 0 spiro atoms. The Kier molecular flexibility index (Phi) is 6.43. The number of esters is 1. The number of hydrogen-bond acceptors (Lipinski definition) is 8. The van der Waals surface area contributed by atoms with Gasteiger partial charge in [-0.2, -0.15) is 0 Å². The minimum absolute atomic E-state index is 0.0944. The molecule has 0 saturated heterocycles. The lowest BCUT2D eigenvalue weighted by molar-refractivity contribution is -0.139. The van der Waals surface area contributed by atoms with E-state index in [1.165, 1.54) is 9.47 Å². The van der Waals surface area contributed by atoms with Gasteiger partial charge in [0.25, 0.3) is 11.5 Å². The molecule has 0 saturated carbocycles. The van der Waals surface area contributed by atoms with Gasteiger partial charge in [-0.05, 0) is 49.2 Å².